The van der Waals surface area contributed by atoms with Crippen molar-refractivity contribution in [3.05, 3.63) is 60.2 Å². The summed E-state index contributed by atoms with van der Waals surface area (Å²) >= 11 is 6.33. The number of alkyl halides is 1. The summed E-state index contributed by atoms with van der Waals surface area (Å²) in [7, 11) is 0. The fourth-order valence-electron chi connectivity index (χ4n) is 1.79. The minimum Gasteiger partial charge on any atom is -0.117 e. The van der Waals surface area contributed by atoms with Crippen LogP contribution in [0.1, 0.15) is 24.3 Å². The molecule has 0 aliphatic rings. The van der Waals surface area contributed by atoms with Crippen molar-refractivity contribution in [2.45, 2.75) is 18.7 Å². The molecule has 0 aromatic heterocycles. The van der Waals surface area contributed by atoms with E-state index in [0.29, 0.717) is 0 Å². The van der Waals surface area contributed by atoms with E-state index in [1.807, 2.05) is 13.0 Å². The van der Waals surface area contributed by atoms with Crippen LogP contribution < -0.4 is 0 Å². The number of fused-ring (bicyclic) bond motifs is 1. The zero-order chi connectivity index (χ0) is 11.4. The molecular weight excluding hydrogens is 216 g/mol. The molecule has 2 rings (SSSR count). The summed E-state index contributed by atoms with van der Waals surface area (Å²) in [6.45, 7) is 2.02. The lowest BCUT2D eigenvalue weighted by Crippen LogP contribution is -1.88. The molecule has 82 valence electrons. The number of allylic oxidation sites excluding steroid dienone is 2. The SMILES string of the molecule is C/C=C/CC(Cl)c1ccc2ccccc2c1. The van der Waals surface area contributed by atoms with Crippen LogP contribution in [0.15, 0.2) is 54.6 Å². The predicted molar refractivity (Wildman–Crippen MR) is 72.0 cm³/mol. The number of benzene rings is 2. The number of hydrogen-bond donors (Lipinski definition) is 0. The first-order chi connectivity index (χ1) is 7.81. The highest BCUT2D eigenvalue weighted by molar-refractivity contribution is 6.21. The van der Waals surface area contributed by atoms with Crippen LogP contribution in [0.3, 0.4) is 0 Å². The van der Waals surface area contributed by atoms with E-state index in [9.17, 15) is 0 Å². The second-order valence-electron chi connectivity index (χ2n) is 3.88. The first kappa shape index (κ1) is 11.2. The molecular formula is C15H15Cl. The number of rotatable bonds is 3. The van der Waals surface area contributed by atoms with Crippen molar-refractivity contribution in [3.63, 3.8) is 0 Å². The predicted octanol–water partition coefficient (Wildman–Crippen LogP) is 5.09. The molecule has 0 aliphatic heterocycles. The van der Waals surface area contributed by atoms with Crippen molar-refractivity contribution in [2.24, 2.45) is 0 Å². The second-order valence-corrected chi connectivity index (χ2v) is 4.41. The van der Waals surface area contributed by atoms with Crippen LogP contribution in [0, 0.1) is 0 Å². The Kier molecular flexibility index (Phi) is 3.63. The van der Waals surface area contributed by atoms with Gasteiger partial charge in [0, 0.05) is 0 Å². The van der Waals surface area contributed by atoms with Gasteiger partial charge in [0.05, 0.1) is 5.38 Å². The third kappa shape index (κ3) is 2.45. The quantitative estimate of drug-likeness (QED) is 0.509. The lowest BCUT2D eigenvalue weighted by molar-refractivity contribution is 0.957. The van der Waals surface area contributed by atoms with Gasteiger partial charge in [0.1, 0.15) is 0 Å². The Morgan fingerprint density at radius 1 is 1.12 bits per heavy atom. The van der Waals surface area contributed by atoms with E-state index in [2.05, 4.69) is 48.5 Å². The lowest BCUT2D eigenvalue weighted by Gasteiger charge is -2.08. The van der Waals surface area contributed by atoms with Gasteiger partial charge in [-0.1, -0.05) is 48.6 Å². The fourth-order valence-corrected chi connectivity index (χ4v) is 2.03. The Labute approximate surface area is 102 Å². The largest absolute Gasteiger partial charge is 0.117 e. The average Bonchev–Trinajstić information content (AvgIpc) is 2.35. The molecule has 0 nitrogen and oxygen atoms in total. The summed E-state index contributed by atoms with van der Waals surface area (Å²) in [6, 6.07) is 14.8. The Bertz CT molecular complexity index is 500. The summed E-state index contributed by atoms with van der Waals surface area (Å²) in [5.41, 5.74) is 1.19. The molecule has 1 heteroatoms. The summed E-state index contributed by atoms with van der Waals surface area (Å²) in [4.78, 5) is 0. The van der Waals surface area contributed by atoms with Crippen molar-refractivity contribution in [1.82, 2.24) is 0 Å². The van der Waals surface area contributed by atoms with Crippen molar-refractivity contribution in [3.8, 4) is 0 Å². The van der Waals surface area contributed by atoms with Crippen LogP contribution in [0.4, 0.5) is 0 Å². The minimum absolute atomic E-state index is 0.0702. The van der Waals surface area contributed by atoms with Crippen molar-refractivity contribution in [1.29, 1.82) is 0 Å². The zero-order valence-electron chi connectivity index (χ0n) is 9.36. The van der Waals surface area contributed by atoms with Crippen LogP contribution in [0.5, 0.6) is 0 Å². The third-order valence-corrected chi connectivity index (χ3v) is 3.14. The Morgan fingerprint density at radius 2 is 1.88 bits per heavy atom. The minimum atomic E-state index is 0.0702. The maximum atomic E-state index is 6.33. The Balaban J connectivity index is 2.31. The molecule has 1 unspecified atom stereocenters. The van der Waals surface area contributed by atoms with Gasteiger partial charge in [-0.15, -0.1) is 11.6 Å². The molecule has 0 N–H and O–H groups in total. The molecule has 16 heavy (non-hydrogen) atoms. The molecule has 2 aromatic rings. The smallest absolute Gasteiger partial charge is 0.0619 e. The van der Waals surface area contributed by atoms with Gasteiger partial charge in [-0.05, 0) is 35.7 Å². The second kappa shape index (κ2) is 5.18. The molecule has 2 aromatic carbocycles. The average molecular weight is 231 g/mol. The highest BCUT2D eigenvalue weighted by Crippen LogP contribution is 2.27. The van der Waals surface area contributed by atoms with E-state index >= 15 is 0 Å². The molecule has 0 spiro atoms. The summed E-state index contributed by atoms with van der Waals surface area (Å²) in [5.74, 6) is 0. The number of halogens is 1. The molecule has 0 amide bonds. The highest BCUT2D eigenvalue weighted by Gasteiger charge is 2.06. The van der Waals surface area contributed by atoms with E-state index < -0.39 is 0 Å². The molecule has 0 heterocycles. The van der Waals surface area contributed by atoms with Gasteiger partial charge >= 0.3 is 0 Å². The van der Waals surface area contributed by atoms with E-state index in [1.54, 1.807) is 0 Å². The molecule has 0 saturated carbocycles. The monoisotopic (exact) mass is 230 g/mol. The van der Waals surface area contributed by atoms with Crippen molar-refractivity contribution in [2.75, 3.05) is 0 Å². The standard InChI is InChI=1S/C15H15Cl/c1-2-3-8-15(16)14-10-9-12-6-4-5-7-13(12)11-14/h2-7,9-11,15H,8H2,1H3/b3-2+. The molecule has 0 bridgehead atoms. The van der Waals surface area contributed by atoms with Gasteiger partial charge < -0.3 is 0 Å². The molecule has 0 fully saturated rings. The van der Waals surface area contributed by atoms with Crippen molar-refractivity contribution < 1.29 is 0 Å². The Morgan fingerprint density at radius 3 is 2.62 bits per heavy atom. The van der Waals surface area contributed by atoms with E-state index in [-0.39, 0.29) is 5.38 Å². The van der Waals surface area contributed by atoms with Crippen LogP contribution >= 0.6 is 11.6 Å². The van der Waals surface area contributed by atoms with Crippen LogP contribution in [-0.4, -0.2) is 0 Å². The Hall–Kier alpha value is -1.27. The maximum absolute atomic E-state index is 6.33. The fraction of sp³-hybridized carbons (Fsp3) is 0.200. The van der Waals surface area contributed by atoms with Gasteiger partial charge in [-0.3, -0.25) is 0 Å². The van der Waals surface area contributed by atoms with Crippen LogP contribution in [0.25, 0.3) is 10.8 Å². The highest BCUT2D eigenvalue weighted by atomic mass is 35.5. The summed E-state index contributed by atoms with van der Waals surface area (Å²) in [5, 5.41) is 2.59. The van der Waals surface area contributed by atoms with E-state index in [4.69, 9.17) is 11.6 Å². The van der Waals surface area contributed by atoms with Gasteiger partial charge in [0.15, 0.2) is 0 Å². The first-order valence-electron chi connectivity index (χ1n) is 5.55. The third-order valence-electron chi connectivity index (χ3n) is 2.71. The van der Waals surface area contributed by atoms with Gasteiger partial charge in [-0.25, -0.2) is 0 Å². The zero-order valence-corrected chi connectivity index (χ0v) is 10.1. The molecule has 0 saturated heterocycles. The van der Waals surface area contributed by atoms with Crippen LogP contribution in [0.2, 0.25) is 0 Å². The molecule has 1 atom stereocenters. The van der Waals surface area contributed by atoms with E-state index in [0.717, 1.165) is 6.42 Å². The maximum Gasteiger partial charge on any atom is 0.0619 e. The van der Waals surface area contributed by atoms with Gasteiger partial charge in [0.2, 0.25) is 0 Å². The topological polar surface area (TPSA) is 0 Å². The van der Waals surface area contributed by atoms with Crippen LogP contribution in [-0.2, 0) is 0 Å². The van der Waals surface area contributed by atoms with Crippen molar-refractivity contribution >= 4 is 22.4 Å². The lowest BCUT2D eigenvalue weighted by atomic mass is 10.0. The molecule has 0 aliphatic carbocycles. The summed E-state index contributed by atoms with van der Waals surface area (Å²) in [6.07, 6.45) is 5.03. The van der Waals surface area contributed by atoms with E-state index in [1.165, 1.54) is 16.3 Å². The number of hydrogen-bond acceptors (Lipinski definition) is 0. The molecule has 0 radical (unpaired) electrons. The normalized spacial score (nSPS) is 13.4. The van der Waals surface area contributed by atoms with Gasteiger partial charge in [-0.2, -0.15) is 0 Å². The first-order valence-corrected chi connectivity index (χ1v) is 5.99. The summed E-state index contributed by atoms with van der Waals surface area (Å²) < 4.78 is 0. The van der Waals surface area contributed by atoms with Gasteiger partial charge in [0.25, 0.3) is 0 Å².